The summed E-state index contributed by atoms with van der Waals surface area (Å²) in [4.78, 5) is 0. The minimum atomic E-state index is -0.236. The third-order valence-electron chi connectivity index (χ3n) is 3.89. The van der Waals surface area contributed by atoms with Crippen molar-refractivity contribution in [1.29, 1.82) is 0 Å². The highest BCUT2D eigenvalue weighted by Gasteiger charge is 2.37. The van der Waals surface area contributed by atoms with Crippen LogP contribution in [-0.4, -0.2) is 11.2 Å². The van der Waals surface area contributed by atoms with Crippen molar-refractivity contribution in [2.75, 3.05) is 0 Å². The van der Waals surface area contributed by atoms with E-state index in [1.165, 1.54) is 24.8 Å². The van der Waals surface area contributed by atoms with Crippen LogP contribution in [0, 0.1) is 0 Å². The topological polar surface area (TPSA) is 20.2 Å². The highest BCUT2D eigenvalue weighted by molar-refractivity contribution is 5.27. The molecule has 1 fully saturated rings. The van der Waals surface area contributed by atoms with Crippen molar-refractivity contribution in [1.82, 2.24) is 0 Å². The second kappa shape index (κ2) is 4.36. The summed E-state index contributed by atoms with van der Waals surface area (Å²) in [6.07, 6.45) is 5.85. The molecule has 0 amide bonds. The van der Waals surface area contributed by atoms with Crippen molar-refractivity contribution in [2.45, 2.75) is 50.5 Å². The molecular formula is C14H20O. The Balaban J connectivity index is 2.34. The molecule has 1 N–H and O–H groups in total. The van der Waals surface area contributed by atoms with E-state index in [1.807, 2.05) is 13.0 Å². The molecule has 1 saturated carbocycles. The molecule has 1 aromatic rings. The molecule has 2 rings (SSSR count). The van der Waals surface area contributed by atoms with Crippen molar-refractivity contribution in [2.24, 2.45) is 0 Å². The van der Waals surface area contributed by atoms with Gasteiger partial charge in [0.1, 0.15) is 0 Å². The third kappa shape index (κ3) is 1.93. The lowest BCUT2D eigenvalue weighted by Crippen LogP contribution is -2.39. The lowest BCUT2D eigenvalue weighted by Gasteiger charge is -2.40. The molecule has 15 heavy (non-hydrogen) atoms. The summed E-state index contributed by atoms with van der Waals surface area (Å²) in [5.41, 5.74) is 1.35. The molecule has 0 radical (unpaired) electrons. The van der Waals surface area contributed by atoms with Crippen LogP contribution < -0.4 is 0 Å². The molecule has 0 saturated heterocycles. The van der Waals surface area contributed by atoms with Crippen LogP contribution in [0.2, 0.25) is 0 Å². The van der Waals surface area contributed by atoms with Crippen LogP contribution in [-0.2, 0) is 5.41 Å². The fraction of sp³-hybridized carbons (Fsp3) is 0.571. The van der Waals surface area contributed by atoms with E-state index in [0.717, 1.165) is 12.8 Å². The third-order valence-corrected chi connectivity index (χ3v) is 3.89. The second-order valence-corrected chi connectivity index (χ2v) is 4.76. The van der Waals surface area contributed by atoms with Crippen LogP contribution in [0.1, 0.15) is 44.6 Å². The molecule has 1 aliphatic carbocycles. The fourth-order valence-corrected chi connectivity index (χ4v) is 2.90. The van der Waals surface area contributed by atoms with E-state index in [9.17, 15) is 5.11 Å². The molecule has 1 aliphatic rings. The van der Waals surface area contributed by atoms with Gasteiger partial charge >= 0.3 is 0 Å². The standard InChI is InChI=1S/C14H20O/c1-12(15)14(10-6-3-7-11-14)13-8-4-2-5-9-13/h2,4-5,8-9,12,15H,3,6-7,10-11H2,1H3/t12-/m0/s1. The van der Waals surface area contributed by atoms with Crippen LogP contribution >= 0.6 is 0 Å². The van der Waals surface area contributed by atoms with E-state index in [1.54, 1.807) is 0 Å². The van der Waals surface area contributed by atoms with E-state index in [-0.39, 0.29) is 11.5 Å². The van der Waals surface area contributed by atoms with Crippen LogP contribution in [0.4, 0.5) is 0 Å². The maximum atomic E-state index is 10.1. The van der Waals surface area contributed by atoms with Gasteiger partial charge in [0.2, 0.25) is 0 Å². The van der Waals surface area contributed by atoms with Crippen LogP contribution in [0.3, 0.4) is 0 Å². The molecule has 0 bridgehead atoms. The molecule has 1 atom stereocenters. The Labute approximate surface area is 92.1 Å². The Morgan fingerprint density at radius 3 is 2.20 bits per heavy atom. The molecule has 0 aliphatic heterocycles. The van der Waals surface area contributed by atoms with Gasteiger partial charge in [-0.25, -0.2) is 0 Å². The highest BCUT2D eigenvalue weighted by Crippen LogP contribution is 2.41. The van der Waals surface area contributed by atoms with Gasteiger partial charge in [0.05, 0.1) is 6.10 Å². The molecule has 1 heteroatoms. The van der Waals surface area contributed by atoms with E-state index in [0.29, 0.717) is 0 Å². The van der Waals surface area contributed by atoms with Crippen LogP contribution in [0.25, 0.3) is 0 Å². The van der Waals surface area contributed by atoms with Gasteiger partial charge in [-0.3, -0.25) is 0 Å². The first-order chi connectivity index (χ1) is 7.26. The van der Waals surface area contributed by atoms with Gasteiger partial charge in [0.25, 0.3) is 0 Å². The zero-order valence-electron chi connectivity index (χ0n) is 9.45. The summed E-state index contributed by atoms with van der Waals surface area (Å²) in [6.45, 7) is 1.94. The summed E-state index contributed by atoms with van der Waals surface area (Å²) in [7, 11) is 0. The molecule has 0 spiro atoms. The van der Waals surface area contributed by atoms with Gasteiger partial charge in [-0.1, -0.05) is 49.6 Å². The van der Waals surface area contributed by atoms with Crippen molar-refractivity contribution in [3.8, 4) is 0 Å². The van der Waals surface area contributed by atoms with Crippen molar-refractivity contribution in [3.63, 3.8) is 0 Å². The highest BCUT2D eigenvalue weighted by atomic mass is 16.3. The summed E-state index contributed by atoms with van der Waals surface area (Å²) >= 11 is 0. The molecule has 1 aromatic carbocycles. The fourth-order valence-electron chi connectivity index (χ4n) is 2.90. The van der Waals surface area contributed by atoms with Crippen molar-refractivity contribution >= 4 is 0 Å². The maximum Gasteiger partial charge on any atom is 0.0608 e. The SMILES string of the molecule is C[C@H](O)C1(c2ccccc2)CCCCC1. The zero-order valence-corrected chi connectivity index (χ0v) is 9.45. The van der Waals surface area contributed by atoms with Crippen molar-refractivity contribution < 1.29 is 5.11 Å². The smallest absolute Gasteiger partial charge is 0.0608 e. The Bertz CT molecular complexity index is 296. The Hall–Kier alpha value is -0.820. The molecule has 0 unspecified atom stereocenters. The molecule has 1 nitrogen and oxygen atoms in total. The van der Waals surface area contributed by atoms with Crippen LogP contribution in [0.5, 0.6) is 0 Å². The van der Waals surface area contributed by atoms with Gasteiger partial charge in [0, 0.05) is 5.41 Å². The Kier molecular flexibility index (Phi) is 3.11. The maximum absolute atomic E-state index is 10.1. The van der Waals surface area contributed by atoms with E-state index >= 15 is 0 Å². The summed E-state index contributed by atoms with van der Waals surface area (Å²) in [5.74, 6) is 0. The molecular weight excluding hydrogens is 184 g/mol. The van der Waals surface area contributed by atoms with Gasteiger partial charge in [-0.05, 0) is 25.3 Å². The zero-order chi connectivity index (χ0) is 10.7. The first kappa shape index (κ1) is 10.7. The number of rotatable bonds is 2. The minimum Gasteiger partial charge on any atom is -0.392 e. The number of aliphatic hydroxyl groups is 1. The van der Waals surface area contributed by atoms with E-state index in [4.69, 9.17) is 0 Å². The van der Waals surface area contributed by atoms with Crippen LogP contribution in [0.15, 0.2) is 30.3 Å². The quantitative estimate of drug-likeness (QED) is 0.784. The Morgan fingerprint density at radius 1 is 1.07 bits per heavy atom. The minimum absolute atomic E-state index is 0.0273. The second-order valence-electron chi connectivity index (χ2n) is 4.76. The number of aliphatic hydroxyl groups excluding tert-OH is 1. The van der Waals surface area contributed by atoms with Crippen molar-refractivity contribution in [3.05, 3.63) is 35.9 Å². The van der Waals surface area contributed by atoms with Gasteiger partial charge < -0.3 is 5.11 Å². The van der Waals surface area contributed by atoms with Gasteiger partial charge in [-0.15, -0.1) is 0 Å². The summed E-state index contributed by atoms with van der Waals surface area (Å²) in [6, 6.07) is 10.5. The van der Waals surface area contributed by atoms with E-state index in [2.05, 4.69) is 24.3 Å². The number of hydrogen-bond donors (Lipinski definition) is 1. The normalized spacial score (nSPS) is 22.3. The number of benzene rings is 1. The predicted molar refractivity (Wildman–Crippen MR) is 62.9 cm³/mol. The first-order valence-electron chi connectivity index (χ1n) is 5.99. The number of hydrogen-bond acceptors (Lipinski definition) is 1. The monoisotopic (exact) mass is 204 g/mol. The lowest BCUT2D eigenvalue weighted by molar-refractivity contribution is 0.0685. The largest absolute Gasteiger partial charge is 0.392 e. The lowest BCUT2D eigenvalue weighted by atomic mass is 9.66. The predicted octanol–water partition coefficient (Wildman–Crippen LogP) is 3.27. The average molecular weight is 204 g/mol. The average Bonchev–Trinajstić information content (AvgIpc) is 2.31. The van der Waals surface area contributed by atoms with Gasteiger partial charge in [-0.2, -0.15) is 0 Å². The Morgan fingerprint density at radius 2 is 1.67 bits per heavy atom. The molecule has 0 aromatic heterocycles. The van der Waals surface area contributed by atoms with E-state index < -0.39 is 0 Å². The first-order valence-corrected chi connectivity index (χ1v) is 5.99. The molecule has 82 valence electrons. The summed E-state index contributed by atoms with van der Waals surface area (Å²) < 4.78 is 0. The van der Waals surface area contributed by atoms with Gasteiger partial charge in [0.15, 0.2) is 0 Å². The summed E-state index contributed by atoms with van der Waals surface area (Å²) in [5, 5.41) is 10.1. The molecule has 0 heterocycles.